The molecule has 0 aliphatic carbocycles. The first-order valence-electron chi connectivity index (χ1n) is 11.8. The van der Waals surface area contributed by atoms with E-state index >= 15 is 0 Å². The van der Waals surface area contributed by atoms with E-state index in [2.05, 4.69) is 29.6 Å². The van der Waals surface area contributed by atoms with E-state index in [1.54, 1.807) is 18.2 Å². The summed E-state index contributed by atoms with van der Waals surface area (Å²) in [7, 11) is 0. The molecule has 6 nitrogen and oxygen atoms in total. The van der Waals surface area contributed by atoms with Crippen LogP contribution in [0, 0.1) is 6.92 Å². The molecule has 0 radical (unpaired) electrons. The van der Waals surface area contributed by atoms with Crippen molar-refractivity contribution in [2.45, 2.75) is 13.5 Å². The van der Waals surface area contributed by atoms with Crippen molar-refractivity contribution in [2.75, 3.05) is 11.9 Å². The van der Waals surface area contributed by atoms with Crippen LogP contribution in [0.15, 0.2) is 95.9 Å². The molecule has 0 bridgehead atoms. The van der Waals surface area contributed by atoms with Gasteiger partial charge < -0.3 is 10.1 Å². The highest BCUT2D eigenvalue weighted by Gasteiger charge is 2.36. The maximum Gasteiger partial charge on any atom is 0.294 e. The minimum atomic E-state index is -0.501. The number of thioether (sulfide) groups is 1. The predicted molar refractivity (Wildman–Crippen MR) is 147 cm³/mol. The second-order valence-corrected chi connectivity index (χ2v) is 9.68. The lowest BCUT2D eigenvalue weighted by Crippen LogP contribution is -2.36. The summed E-state index contributed by atoms with van der Waals surface area (Å²) >= 11 is 0.814. The van der Waals surface area contributed by atoms with Gasteiger partial charge >= 0.3 is 0 Å². The van der Waals surface area contributed by atoms with Crippen LogP contribution in [0.25, 0.3) is 16.8 Å². The number of para-hydroxylation sites is 1. The molecule has 5 rings (SSSR count). The number of anilines is 1. The Balaban J connectivity index is 1.27. The zero-order valence-corrected chi connectivity index (χ0v) is 21.0. The molecular formula is C30H24N2O4S. The lowest BCUT2D eigenvalue weighted by atomic mass is 10.1. The summed E-state index contributed by atoms with van der Waals surface area (Å²) in [6, 6.07) is 28.9. The van der Waals surface area contributed by atoms with E-state index in [1.807, 2.05) is 61.5 Å². The summed E-state index contributed by atoms with van der Waals surface area (Å²) in [5.41, 5.74) is 3.37. The average molecular weight is 509 g/mol. The first-order valence-corrected chi connectivity index (χ1v) is 12.6. The molecule has 0 saturated carbocycles. The molecule has 0 atom stereocenters. The van der Waals surface area contributed by atoms with Gasteiger partial charge in [-0.2, -0.15) is 0 Å². The Bertz CT molecular complexity index is 1530. The van der Waals surface area contributed by atoms with Gasteiger partial charge in [-0.25, -0.2) is 0 Å². The van der Waals surface area contributed by atoms with Crippen LogP contribution in [0.2, 0.25) is 0 Å². The minimum Gasteiger partial charge on any atom is -0.488 e. The summed E-state index contributed by atoms with van der Waals surface area (Å²) in [4.78, 5) is 39.2. The van der Waals surface area contributed by atoms with Crippen molar-refractivity contribution in [3.63, 3.8) is 0 Å². The number of fused-ring (bicyclic) bond motifs is 1. The predicted octanol–water partition coefficient (Wildman–Crippen LogP) is 6.40. The van der Waals surface area contributed by atoms with E-state index in [-0.39, 0.29) is 11.4 Å². The lowest BCUT2D eigenvalue weighted by molar-refractivity contribution is -0.127. The van der Waals surface area contributed by atoms with Gasteiger partial charge in [-0.05, 0) is 65.4 Å². The third kappa shape index (κ3) is 5.73. The van der Waals surface area contributed by atoms with Crippen LogP contribution < -0.4 is 10.1 Å². The monoisotopic (exact) mass is 508 g/mol. The molecule has 0 spiro atoms. The van der Waals surface area contributed by atoms with Gasteiger partial charge in [0, 0.05) is 11.3 Å². The molecule has 0 aromatic heterocycles. The van der Waals surface area contributed by atoms with Gasteiger partial charge in [0.25, 0.3) is 11.1 Å². The van der Waals surface area contributed by atoms with Crippen LogP contribution in [0.4, 0.5) is 10.5 Å². The zero-order valence-electron chi connectivity index (χ0n) is 20.1. The summed E-state index contributed by atoms with van der Waals surface area (Å²) in [5, 5.41) is 4.54. The molecular weight excluding hydrogens is 484 g/mol. The molecule has 4 aromatic rings. The number of rotatable bonds is 7. The van der Waals surface area contributed by atoms with Gasteiger partial charge in [0.05, 0.1) is 4.91 Å². The molecule has 37 heavy (non-hydrogen) atoms. The van der Waals surface area contributed by atoms with Crippen molar-refractivity contribution < 1.29 is 19.1 Å². The number of amides is 3. The smallest absolute Gasteiger partial charge is 0.294 e. The van der Waals surface area contributed by atoms with E-state index in [0.717, 1.165) is 38.6 Å². The molecule has 1 fully saturated rings. The number of nitrogens with zero attached hydrogens (tertiary/aromatic N) is 1. The number of nitrogens with one attached hydrogen (secondary N) is 1. The molecule has 184 valence electrons. The zero-order chi connectivity index (χ0) is 25.8. The van der Waals surface area contributed by atoms with Crippen molar-refractivity contribution in [1.29, 1.82) is 0 Å². The number of hydrogen-bond acceptors (Lipinski definition) is 5. The Hall–Kier alpha value is -4.36. The summed E-state index contributed by atoms with van der Waals surface area (Å²) in [6.07, 6.45) is 1.64. The number of hydrogen-bond donors (Lipinski definition) is 1. The lowest BCUT2D eigenvalue weighted by Gasteiger charge is -2.13. The van der Waals surface area contributed by atoms with Crippen molar-refractivity contribution in [1.82, 2.24) is 4.90 Å². The molecule has 3 amide bonds. The van der Waals surface area contributed by atoms with Crippen molar-refractivity contribution in [3.8, 4) is 5.75 Å². The minimum absolute atomic E-state index is 0.245. The maximum absolute atomic E-state index is 13.0. The van der Waals surface area contributed by atoms with Crippen LogP contribution in [0.3, 0.4) is 0 Å². The summed E-state index contributed by atoms with van der Waals surface area (Å²) < 4.78 is 6.08. The summed E-state index contributed by atoms with van der Waals surface area (Å²) in [6.45, 7) is 1.96. The first kappa shape index (κ1) is 24.3. The average Bonchev–Trinajstić information content (AvgIpc) is 3.16. The topological polar surface area (TPSA) is 75.7 Å². The number of ether oxygens (including phenoxy) is 1. The van der Waals surface area contributed by atoms with Crippen LogP contribution in [0.1, 0.15) is 16.7 Å². The fourth-order valence-corrected chi connectivity index (χ4v) is 4.81. The SMILES string of the molecule is Cc1ccc(NC(=O)CN2C(=O)S/C(=C\c3ccccc3OCc3ccc4ccccc4c3)C2=O)cc1. The number of aryl methyl sites for hydroxylation is 1. The fraction of sp³-hybridized carbons (Fsp3) is 0.100. The Morgan fingerprint density at radius 1 is 0.919 bits per heavy atom. The van der Waals surface area contributed by atoms with Crippen molar-refractivity contribution >= 4 is 51.4 Å². The normalized spacial score (nSPS) is 14.4. The Morgan fingerprint density at radius 3 is 2.46 bits per heavy atom. The van der Waals surface area contributed by atoms with Crippen molar-refractivity contribution in [3.05, 3.63) is 113 Å². The Kier molecular flexibility index (Phi) is 7.05. The largest absolute Gasteiger partial charge is 0.488 e. The highest BCUT2D eigenvalue weighted by Crippen LogP contribution is 2.34. The molecule has 1 aliphatic rings. The van der Waals surface area contributed by atoms with Gasteiger partial charge in [-0.3, -0.25) is 19.3 Å². The quantitative estimate of drug-likeness (QED) is 0.292. The van der Waals surface area contributed by atoms with Gasteiger partial charge in [0.1, 0.15) is 18.9 Å². The van der Waals surface area contributed by atoms with Crippen molar-refractivity contribution in [2.24, 2.45) is 0 Å². The number of imide groups is 1. The van der Waals surface area contributed by atoms with E-state index < -0.39 is 17.1 Å². The number of carbonyl (C=O) groups excluding carboxylic acids is 3. The van der Waals surface area contributed by atoms with E-state index in [0.29, 0.717) is 23.6 Å². The second-order valence-electron chi connectivity index (χ2n) is 8.69. The van der Waals surface area contributed by atoms with Gasteiger partial charge in [0.15, 0.2) is 0 Å². The molecule has 4 aromatic carbocycles. The highest BCUT2D eigenvalue weighted by molar-refractivity contribution is 8.18. The Morgan fingerprint density at radius 2 is 1.65 bits per heavy atom. The van der Waals surface area contributed by atoms with E-state index in [9.17, 15) is 14.4 Å². The molecule has 7 heteroatoms. The third-order valence-electron chi connectivity index (χ3n) is 5.92. The molecule has 1 aliphatic heterocycles. The molecule has 1 heterocycles. The standard InChI is InChI=1S/C30H24N2O4S/c1-20-10-14-25(15-11-20)31-28(33)18-32-29(34)27(37-30(32)35)17-24-8-4-5-9-26(24)36-19-21-12-13-22-6-2-3-7-23(22)16-21/h2-17H,18-19H2,1H3,(H,31,33)/b27-17-. The second kappa shape index (κ2) is 10.7. The fourth-order valence-electron chi connectivity index (χ4n) is 3.98. The van der Waals surface area contributed by atoms with Gasteiger partial charge in [-0.15, -0.1) is 0 Å². The van der Waals surface area contributed by atoms with E-state index in [1.165, 1.54) is 0 Å². The van der Waals surface area contributed by atoms with Crippen LogP contribution in [-0.4, -0.2) is 28.5 Å². The third-order valence-corrected chi connectivity index (χ3v) is 6.83. The molecule has 0 unspecified atom stereocenters. The summed E-state index contributed by atoms with van der Waals surface area (Å²) in [5.74, 6) is -0.343. The Labute approximate surface area is 218 Å². The first-order chi connectivity index (χ1) is 18.0. The van der Waals surface area contributed by atoms with Crippen LogP contribution >= 0.6 is 11.8 Å². The molecule has 1 saturated heterocycles. The number of benzene rings is 4. The number of carbonyl (C=O) groups is 3. The van der Waals surface area contributed by atoms with Crippen LogP contribution in [-0.2, 0) is 16.2 Å². The van der Waals surface area contributed by atoms with Gasteiger partial charge in [-0.1, -0.05) is 72.3 Å². The maximum atomic E-state index is 13.0. The van der Waals surface area contributed by atoms with Gasteiger partial charge in [0.2, 0.25) is 5.91 Å². The van der Waals surface area contributed by atoms with Crippen LogP contribution in [0.5, 0.6) is 5.75 Å². The van der Waals surface area contributed by atoms with E-state index in [4.69, 9.17) is 4.74 Å². The highest BCUT2D eigenvalue weighted by atomic mass is 32.2. The molecule has 1 N–H and O–H groups in total.